The summed E-state index contributed by atoms with van der Waals surface area (Å²) in [4.78, 5) is 25.3. The van der Waals surface area contributed by atoms with E-state index in [0.29, 0.717) is 16.9 Å². The first-order valence-electron chi connectivity index (χ1n) is 11.9. The Labute approximate surface area is 227 Å². The summed E-state index contributed by atoms with van der Waals surface area (Å²) in [6.45, 7) is 4.95. The summed E-state index contributed by atoms with van der Waals surface area (Å²) in [5.74, 6) is -4.77. The van der Waals surface area contributed by atoms with Crippen LogP contribution in [0.25, 0.3) is 11.1 Å². The van der Waals surface area contributed by atoms with Gasteiger partial charge in [-0.2, -0.15) is 13.2 Å². The highest BCUT2D eigenvalue weighted by molar-refractivity contribution is 6.31. The summed E-state index contributed by atoms with van der Waals surface area (Å²) in [6.07, 6.45) is -3.16. The molecule has 5 nitrogen and oxygen atoms in total. The zero-order chi connectivity index (χ0) is 28.5. The van der Waals surface area contributed by atoms with Gasteiger partial charge in [0.05, 0.1) is 24.3 Å². The summed E-state index contributed by atoms with van der Waals surface area (Å²) in [7, 11) is 1.14. The lowest BCUT2D eigenvalue weighted by atomic mass is 9.81. The smallest absolute Gasteiger partial charge is 0.396 e. The summed E-state index contributed by atoms with van der Waals surface area (Å²) < 4.78 is 67.9. The van der Waals surface area contributed by atoms with Crippen molar-refractivity contribution in [3.05, 3.63) is 94.8 Å². The van der Waals surface area contributed by atoms with Gasteiger partial charge in [0.2, 0.25) is 0 Å². The van der Waals surface area contributed by atoms with Gasteiger partial charge >= 0.3 is 12.1 Å². The highest BCUT2D eigenvalue weighted by Gasteiger charge is 2.45. The number of carbonyl (C=O) groups excluding carboxylic acids is 2. The van der Waals surface area contributed by atoms with Crippen LogP contribution in [0.5, 0.6) is 5.75 Å². The molecule has 2 atom stereocenters. The zero-order valence-electron chi connectivity index (χ0n) is 21.0. The zero-order valence-corrected chi connectivity index (χ0v) is 21.8. The Kier molecular flexibility index (Phi) is 8.02. The third-order valence-corrected chi connectivity index (χ3v) is 6.98. The van der Waals surface area contributed by atoms with Crippen molar-refractivity contribution in [1.82, 2.24) is 0 Å². The summed E-state index contributed by atoms with van der Waals surface area (Å²) in [6, 6.07) is 12.4. The van der Waals surface area contributed by atoms with Crippen LogP contribution in [0.3, 0.4) is 0 Å². The maximum atomic E-state index is 14.5. The number of methoxy groups -OCH3 is 1. The van der Waals surface area contributed by atoms with Crippen LogP contribution in [0.15, 0.2) is 67.3 Å². The Morgan fingerprint density at radius 1 is 1.15 bits per heavy atom. The van der Waals surface area contributed by atoms with Gasteiger partial charge in [0, 0.05) is 11.6 Å². The number of carbonyl (C=O) groups is 2. The first-order chi connectivity index (χ1) is 18.5. The Balaban J connectivity index is 1.70. The van der Waals surface area contributed by atoms with E-state index in [-0.39, 0.29) is 46.5 Å². The molecule has 0 aromatic heterocycles. The van der Waals surface area contributed by atoms with Gasteiger partial charge in [0.1, 0.15) is 11.6 Å². The molecule has 3 aromatic rings. The number of rotatable bonds is 7. The molecule has 0 saturated heterocycles. The van der Waals surface area contributed by atoms with Crippen molar-refractivity contribution in [2.75, 3.05) is 25.2 Å². The normalized spacial score (nSPS) is 14.7. The number of fused-ring (bicyclic) bond motifs is 1. The molecule has 1 heterocycles. The number of amides is 1. The molecule has 1 aliphatic rings. The van der Waals surface area contributed by atoms with Crippen LogP contribution in [-0.4, -0.2) is 38.3 Å². The third-order valence-electron chi connectivity index (χ3n) is 6.65. The topological polar surface area (TPSA) is 55.8 Å². The standard InChI is InChI=1S/C29H24ClF4NO4/c1-4-11-35-24-14-19(7-10-25(24)39-15-26(35)36)27(29(32,33)34)16(2)20-8-5-17(12-22(20)30)18-6-9-21(23(31)13-18)28(37)38-3/h4-10,12-14,16,27H,1,11,15H2,2-3H3. The molecule has 10 heteroatoms. The average Bonchev–Trinajstić information content (AvgIpc) is 2.89. The Bertz CT molecular complexity index is 1440. The Morgan fingerprint density at radius 2 is 1.85 bits per heavy atom. The minimum Gasteiger partial charge on any atom is -0.482 e. The van der Waals surface area contributed by atoms with Crippen LogP contribution >= 0.6 is 11.6 Å². The number of esters is 1. The third kappa shape index (κ3) is 5.63. The van der Waals surface area contributed by atoms with Gasteiger partial charge in [-0.15, -0.1) is 6.58 Å². The first kappa shape index (κ1) is 28.2. The van der Waals surface area contributed by atoms with Crippen LogP contribution in [0, 0.1) is 5.82 Å². The van der Waals surface area contributed by atoms with E-state index in [0.717, 1.165) is 13.2 Å². The SMILES string of the molecule is C=CCN1C(=O)COc2ccc(C(C(C)c3ccc(-c4ccc(C(=O)OC)c(F)c4)cc3Cl)C(F)(F)F)cc21. The molecule has 4 rings (SSSR count). The van der Waals surface area contributed by atoms with Crippen LogP contribution < -0.4 is 9.64 Å². The molecule has 0 fully saturated rings. The van der Waals surface area contributed by atoms with Crippen LogP contribution in [0.4, 0.5) is 23.2 Å². The van der Waals surface area contributed by atoms with Gasteiger partial charge in [0.25, 0.3) is 5.91 Å². The molecular formula is C29H24ClF4NO4. The summed E-state index contributed by atoms with van der Waals surface area (Å²) >= 11 is 6.48. The molecule has 0 spiro atoms. The molecule has 2 unspecified atom stereocenters. The molecule has 0 radical (unpaired) electrons. The van der Waals surface area contributed by atoms with Crippen LogP contribution in [0.2, 0.25) is 5.02 Å². The molecule has 1 amide bonds. The molecule has 39 heavy (non-hydrogen) atoms. The van der Waals surface area contributed by atoms with Crippen molar-refractivity contribution in [3.63, 3.8) is 0 Å². The van der Waals surface area contributed by atoms with E-state index < -0.39 is 29.8 Å². The summed E-state index contributed by atoms with van der Waals surface area (Å²) in [5.41, 5.74) is 1.03. The number of anilines is 1. The van der Waals surface area contributed by atoms with E-state index in [1.54, 1.807) is 6.07 Å². The van der Waals surface area contributed by atoms with E-state index in [2.05, 4.69) is 11.3 Å². The van der Waals surface area contributed by atoms with Crippen LogP contribution in [-0.2, 0) is 9.53 Å². The van der Waals surface area contributed by atoms with E-state index in [1.165, 1.54) is 60.4 Å². The monoisotopic (exact) mass is 561 g/mol. The second kappa shape index (κ2) is 11.1. The molecular weight excluding hydrogens is 538 g/mol. The van der Waals surface area contributed by atoms with Gasteiger partial charge < -0.3 is 14.4 Å². The number of alkyl halides is 3. The van der Waals surface area contributed by atoms with Gasteiger partial charge in [-0.25, -0.2) is 9.18 Å². The average molecular weight is 562 g/mol. The molecule has 0 N–H and O–H groups in total. The lowest BCUT2D eigenvalue weighted by molar-refractivity contribution is -0.154. The largest absolute Gasteiger partial charge is 0.482 e. The van der Waals surface area contributed by atoms with E-state index in [1.807, 2.05) is 0 Å². The number of nitrogens with zero attached hydrogens (tertiary/aromatic N) is 1. The highest BCUT2D eigenvalue weighted by atomic mass is 35.5. The fraction of sp³-hybridized carbons (Fsp3) is 0.241. The van der Waals surface area contributed by atoms with Crippen molar-refractivity contribution < 1.29 is 36.6 Å². The number of ether oxygens (including phenoxy) is 2. The van der Waals surface area contributed by atoms with Gasteiger partial charge in [0.15, 0.2) is 6.61 Å². The lowest BCUT2D eigenvalue weighted by Gasteiger charge is -2.32. The Hall–Kier alpha value is -3.85. The number of benzene rings is 3. The quantitative estimate of drug-likeness (QED) is 0.173. The minimum absolute atomic E-state index is 0.0540. The van der Waals surface area contributed by atoms with Crippen molar-refractivity contribution in [3.8, 4) is 16.9 Å². The number of halogens is 5. The predicted molar refractivity (Wildman–Crippen MR) is 140 cm³/mol. The minimum atomic E-state index is -4.65. The number of hydrogen-bond acceptors (Lipinski definition) is 4. The van der Waals surface area contributed by atoms with Crippen molar-refractivity contribution in [2.45, 2.75) is 24.9 Å². The lowest BCUT2D eigenvalue weighted by Crippen LogP contribution is -2.39. The predicted octanol–water partition coefficient (Wildman–Crippen LogP) is 7.29. The fourth-order valence-corrected chi connectivity index (χ4v) is 5.08. The van der Waals surface area contributed by atoms with Gasteiger partial charge in [-0.3, -0.25) is 4.79 Å². The molecule has 0 saturated carbocycles. The second-order valence-electron chi connectivity index (χ2n) is 9.04. The van der Waals surface area contributed by atoms with Crippen molar-refractivity contribution in [1.29, 1.82) is 0 Å². The van der Waals surface area contributed by atoms with Gasteiger partial charge in [-0.05, 0) is 58.5 Å². The van der Waals surface area contributed by atoms with Crippen molar-refractivity contribution >= 4 is 29.2 Å². The molecule has 204 valence electrons. The fourth-order valence-electron chi connectivity index (χ4n) is 4.73. The summed E-state index contributed by atoms with van der Waals surface area (Å²) in [5, 5.41) is 0.0662. The molecule has 1 aliphatic heterocycles. The van der Waals surface area contributed by atoms with E-state index in [4.69, 9.17) is 16.3 Å². The highest BCUT2D eigenvalue weighted by Crippen LogP contribution is 2.48. The van der Waals surface area contributed by atoms with E-state index >= 15 is 0 Å². The molecule has 0 bridgehead atoms. The number of hydrogen-bond donors (Lipinski definition) is 0. The second-order valence-corrected chi connectivity index (χ2v) is 9.45. The van der Waals surface area contributed by atoms with Crippen LogP contribution in [0.1, 0.15) is 40.2 Å². The van der Waals surface area contributed by atoms with Gasteiger partial charge in [-0.1, -0.05) is 48.9 Å². The van der Waals surface area contributed by atoms with E-state index in [9.17, 15) is 27.2 Å². The van der Waals surface area contributed by atoms with Crippen molar-refractivity contribution in [2.24, 2.45) is 0 Å². The maximum absolute atomic E-state index is 14.5. The molecule has 0 aliphatic carbocycles. The molecule has 3 aromatic carbocycles. The Morgan fingerprint density at radius 3 is 2.46 bits per heavy atom. The first-order valence-corrected chi connectivity index (χ1v) is 12.3. The maximum Gasteiger partial charge on any atom is 0.396 e.